The number of amides is 2. The van der Waals surface area contributed by atoms with Crippen molar-refractivity contribution in [3.63, 3.8) is 0 Å². The molecule has 140 valence electrons. The number of nitrogens with one attached hydrogen (secondary N) is 1. The molecule has 1 N–H and O–H groups in total. The van der Waals surface area contributed by atoms with E-state index in [-0.39, 0.29) is 17.9 Å². The van der Waals surface area contributed by atoms with Gasteiger partial charge in [0.2, 0.25) is 5.91 Å². The van der Waals surface area contributed by atoms with Crippen LogP contribution in [0.5, 0.6) is 0 Å². The van der Waals surface area contributed by atoms with E-state index >= 15 is 0 Å². The molecule has 4 fully saturated rings. The molecule has 2 atom stereocenters. The second-order valence-electron chi connectivity index (χ2n) is 8.95. The van der Waals surface area contributed by atoms with Crippen LogP contribution in [0, 0.1) is 23.2 Å². The van der Waals surface area contributed by atoms with E-state index < -0.39 is 0 Å². The Morgan fingerprint density at radius 1 is 1.04 bits per heavy atom. The van der Waals surface area contributed by atoms with E-state index in [1.807, 2.05) is 0 Å². The molecule has 2 saturated carbocycles. The van der Waals surface area contributed by atoms with Crippen molar-refractivity contribution in [1.29, 1.82) is 0 Å². The monoisotopic (exact) mass is 348 g/mol. The van der Waals surface area contributed by atoms with Crippen LogP contribution in [0.15, 0.2) is 0 Å². The van der Waals surface area contributed by atoms with Crippen molar-refractivity contribution in [2.24, 2.45) is 23.2 Å². The number of hydrogen-bond acceptors (Lipinski definition) is 3. The van der Waals surface area contributed by atoms with Crippen molar-refractivity contribution in [3.05, 3.63) is 0 Å². The summed E-state index contributed by atoms with van der Waals surface area (Å²) in [5, 5.41) is 2.72. The van der Waals surface area contributed by atoms with Crippen LogP contribution in [-0.4, -0.2) is 43.1 Å². The Kier molecular flexibility index (Phi) is 4.92. The van der Waals surface area contributed by atoms with Gasteiger partial charge in [-0.1, -0.05) is 32.1 Å². The van der Waals surface area contributed by atoms with Crippen LogP contribution in [-0.2, 0) is 9.53 Å². The zero-order valence-electron chi connectivity index (χ0n) is 15.3. The number of hydrogen-bond donors (Lipinski definition) is 1. The quantitative estimate of drug-likeness (QED) is 0.833. The molecule has 4 rings (SSSR count). The number of carbonyl (C=O) groups excluding carboxylic acids is 2. The zero-order chi connectivity index (χ0) is 17.3. The maximum atomic E-state index is 12.8. The summed E-state index contributed by atoms with van der Waals surface area (Å²) in [6, 6.07) is 0. The van der Waals surface area contributed by atoms with E-state index in [1.54, 1.807) is 0 Å². The molecule has 2 aliphatic carbocycles. The van der Waals surface area contributed by atoms with Gasteiger partial charge in [0.1, 0.15) is 0 Å². The SMILES string of the molecule is O=C1NC[C@H](C(=O)N2CC3(CCC(C4CCCCC4)C3)C2)CCCO1. The molecule has 5 nitrogen and oxygen atoms in total. The van der Waals surface area contributed by atoms with Crippen molar-refractivity contribution in [2.75, 3.05) is 26.2 Å². The molecule has 1 spiro atoms. The van der Waals surface area contributed by atoms with E-state index in [9.17, 15) is 9.59 Å². The molecular weight excluding hydrogens is 316 g/mol. The summed E-state index contributed by atoms with van der Waals surface area (Å²) in [4.78, 5) is 26.3. The number of alkyl carbamates (subject to hydrolysis) is 1. The largest absolute Gasteiger partial charge is 0.450 e. The summed E-state index contributed by atoms with van der Waals surface area (Å²) in [5.74, 6) is 2.05. The predicted molar refractivity (Wildman–Crippen MR) is 95.0 cm³/mol. The lowest BCUT2D eigenvalue weighted by molar-refractivity contribution is -0.148. The molecule has 2 aliphatic heterocycles. The molecule has 5 heteroatoms. The first-order valence-corrected chi connectivity index (χ1v) is 10.3. The van der Waals surface area contributed by atoms with Gasteiger partial charge in [-0.3, -0.25) is 4.79 Å². The van der Waals surface area contributed by atoms with E-state index in [0.29, 0.717) is 18.6 Å². The first-order chi connectivity index (χ1) is 12.2. The van der Waals surface area contributed by atoms with Gasteiger partial charge >= 0.3 is 6.09 Å². The summed E-state index contributed by atoms with van der Waals surface area (Å²) in [6.07, 6.45) is 12.4. The number of nitrogens with zero attached hydrogens (tertiary/aromatic N) is 1. The maximum absolute atomic E-state index is 12.8. The number of ether oxygens (including phenoxy) is 1. The number of cyclic esters (lactones) is 1. The Labute approximate surface area is 150 Å². The van der Waals surface area contributed by atoms with Gasteiger partial charge in [-0.25, -0.2) is 4.79 Å². The normalized spacial score (nSPS) is 33.1. The van der Waals surface area contributed by atoms with Crippen molar-refractivity contribution in [1.82, 2.24) is 10.2 Å². The molecule has 0 aromatic rings. The van der Waals surface area contributed by atoms with Crippen LogP contribution < -0.4 is 5.32 Å². The van der Waals surface area contributed by atoms with Crippen LogP contribution in [0.4, 0.5) is 4.79 Å². The third kappa shape index (κ3) is 3.65. The third-order valence-electron chi connectivity index (χ3n) is 7.19. The molecule has 25 heavy (non-hydrogen) atoms. The highest BCUT2D eigenvalue weighted by Gasteiger charge is 2.51. The first-order valence-electron chi connectivity index (χ1n) is 10.3. The third-order valence-corrected chi connectivity index (χ3v) is 7.19. The van der Waals surface area contributed by atoms with Gasteiger partial charge in [0.05, 0.1) is 12.5 Å². The van der Waals surface area contributed by atoms with Crippen molar-refractivity contribution < 1.29 is 14.3 Å². The Morgan fingerprint density at radius 2 is 1.84 bits per heavy atom. The van der Waals surface area contributed by atoms with Crippen LogP contribution in [0.1, 0.15) is 64.2 Å². The molecule has 4 aliphatic rings. The van der Waals surface area contributed by atoms with Gasteiger partial charge in [-0.2, -0.15) is 0 Å². The highest BCUT2D eigenvalue weighted by molar-refractivity contribution is 5.81. The fourth-order valence-corrected chi connectivity index (χ4v) is 5.79. The van der Waals surface area contributed by atoms with Crippen LogP contribution in [0.25, 0.3) is 0 Å². The number of rotatable bonds is 2. The standard InChI is InChI=1S/C20H32N2O3/c23-18(17-7-4-10-25-19(24)21-12-17)22-13-20(14-22)9-8-16(11-20)15-5-2-1-3-6-15/h15-17H,1-14H2,(H,21,24)/t16?,17-/m1/s1. The highest BCUT2D eigenvalue weighted by Crippen LogP contribution is 2.52. The van der Waals surface area contributed by atoms with Gasteiger partial charge in [-0.05, 0) is 43.9 Å². The van der Waals surface area contributed by atoms with Crippen molar-refractivity contribution >= 4 is 12.0 Å². The summed E-state index contributed by atoms with van der Waals surface area (Å²) < 4.78 is 4.98. The molecule has 0 aromatic carbocycles. The minimum Gasteiger partial charge on any atom is -0.450 e. The minimum absolute atomic E-state index is 0.0688. The van der Waals surface area contributed by atoms with Crippen LogP contribution >= 0.6 is 0 Å². The van der Waals surface area contributed by atoms with Gasteiger partial charge in [-0.15, -0.1) is 0 Å². The lowest BCUT2D eigenvalue weighted by Crippen LogP contribution is -2.59. The average molecular weight is 348 g/mol. The molecule has 2 saturated heterocycles. The summed E-state index contributed by atoms with van der Waals surface area (Å²) in [5.41, 5.74) is 0.422. The van der Waals surface area contributed by atoms with E-state index in [0.717, 1.165) is 37.8 Å². The van der Waals surface area contributed by atoms with Crippen molar-refractivity contribution in [2.45, 2.75) is 64.2 Å². The summed E-state index contributed by atoms with van der Waals surface area (Å²) in [7, 11) is 0. The highest BCUT2D eigenvalue weighted by atomic mass is 16.5. The Morgan fingerprint density at radius 3 is 2.64 bits per heavy atom. The average Bonchev–Trinajstić information content (AvgIpc) is 3.03. The number of carbonyl (C=O) groups is 2. The number of likely N-dealkylation sites (tertiary alicyclic amines) is 1. The second-order valence-corrected chi connectivity index (χ2v) is 8.95. The predicted octanol–water partition coefficient (Wildman–Crippen LogP) is 3.33. The Bertz CT molecular complexity index is 509. The Balaban J connectivity index is 1.28. The van der Waals surface area contributed by atoms with Crippen LogP contribution in [0.3, 0.4) is 0 Å². The van der Waals surface area contributed by atoms with E-state index in [1.165, 1.54) is 51.4 Å². The maximum Gasteiger partial charge on any atom is 0.407 e. The zero-order valence-corrected chi connectivity index (χ0v) is 15.3. The molecular formula is C20H32N2O3. The lowest BCUT2D eigenvalue weighted by Gasteiger charge is -2.50. The molecule has 2 heterocycles. The fraction of sp³-hybridized carbons (Fsp3) is 0.900. The topological polar surface area (TPSA) is 58.6 Å². The molecule has 0 bridgehead atoms. The van der Waals surface area contributed by atoms with Gasteiger partial charge in [0, 0.05) is 25.0 Å². The van der Waals surface area contributed by atoms with E-state index in [4.69, 9.17) is 4.74 Å². The van der Waals surface area contributed by atoms with E-state index in [2.05, 4.69) is 10.2 Å². The summed E-state index contributed by atoms with van der Waals surface area (Å²) >= 11 is 0. The molecule has 0 aromatic heterocycles. The molecule has 1 unspecified atom stereocenters. The van der Waals surface area contributed by atoms with Gasteiger partial charge in [0.15, 0.2) is 0 Å². The van der Waals surface area contributed by atoms with Gasteiger partial charge in [0.25, 0.3) is 0 Å². The second kappa shape index (κ2) is 7.16. The first kappa shape index (κ1) is 17.2. The summed E-state index contributed by atoms with van der Waals surface area (Å²) in [6.45, 7) is 2.75. The minimum atomic E-state index is -0.385. The fourth-order valence-electron chi connectivity index (χ4n) is 5.79. The molecule has 2 amide bonds. The van der Waals surface area contributed by atoms with Crippen molar-refractivity contribution in [3.8, 4) is 0 Å². The smallest absolute Gasteiger partial charge is 0.407 e. The molecule has 0 radical (unpaired) electrons. The van der Waals surface area contributed by atoms with Gasteiger partial charge < -0.3 is 15.0 Å². The van der Waals surface area contributed by atoms with Crippen LogP contribution in [0.2, 0.25) is 0 Å². The lowest BCUT2D eigenvalue weighted by atomic mass is 9.73. The Hall–Kier alpha value is -1.26.